The summed E-state index contributed by atoms with van der Waals surface area (Å²) in [6, 6.07) is 0. The standard InChI is InChI=1S/C19H31I.2C2H6.C2H4/c1-6-8-18-16(9-7-12-20)10-11-17(18)13-15(2)14-19(3,4)5;3*1-2/h7,9-11,15,18H,6,8,12-14H2,1-5H3;2*1-2H3;1-2H2/b9-7-;;;. The lowest BCUT2D eigenvalue weighted by Gasteiger charge is -2.26. The third-order valence-electron chi connectivity index (χ3n) is 3.86. The molecule has 1 aliphatic rings. The van der Waals surface area contributed by atoms with Gasteiger partial charge < -0.3 is 0 Å². The minimum Gasteiger partial charge on any atom is -0.106 e. The Morgan fingerprint density at radius 3 is 2.08 bits per heavy atom. The summed E-state index contributed by atoms with van der Waals surface area (Å²) >= 11 is 2.41. The zero-order chi connectivity index (χ0) is 21.2. The second kappa shape index (κ2) is 19.5. The van der Waals surface area contributed by atoms with Crippen molar-refractivity contribution in [1.29, 1.82) is 0 Å². The van der Waals surface area contributed by atoms with Gasteiger partial charge in [0.15, 0.2) is 0 Å². The average Bonchev–Trinajstić information content (AvgIpc) is 2.99. The molecule has 2 atom stereocenters. The topological polar surface area (TPSA) is 0 Å². The first kappa shape index (κ1) is 30.4. The van der Waals surface area contributed by atoms with Crippen LogP contribution in [0.4, 0.5) is 0 Å². The van der Waals surface area contributed by atoms with Gasteiger partial charge in [-0.05, 0) is 36.2 Å². The minimum atomic E-state index is 0.441. The van der Waals surface area contributed by atoms with Crippen molar-refractivity contribution in [3.63, 3.8) is 0 Å². The van der Waals surface area contributed by atoms with E-state index in [1.54, 1.807) is 5.57 Å². The Bertz CT molecular complexity index is 393. The third-order valence-corrected chi connectivity index (χ3v) is 4.37. The number of alkyl halides is 1. The predicted octanol–water partition coefficient (Wildman–Crippen LogP) is 9.58. The van der Waals surface area contributed by atoms with Crippen molar-refractivity contribution in [2.75, 3.05) is 4.43 Å². The second-order valence-electron chi connectivity index (χ2n) is 7.38. The molecule has 0 N–H and O–H groups in total. The summed E-state index contributed by atoms with van der Waals surface area (Å²) in [6.45, 7) is 25.8. The summed E-state index contributed by atoms with van der Waals surface area (Å²) in [4.78, 5) is 0. The van der Waals surface area contributed by atoms with E-state index in [1.165, 1.54) is 31.3 Å². The highest BCUT2D eigenvalue weighted by Crippen LogP contribution is 2.37. The fourth-order valence-corrected chi connectivity index (χ4v) is 3.63. The van der Waals surface area contributed by atoms with Gasteiger partial charge >= 0.3 is 0 Å². The van der Waals surface area contributed by atoms with Crippen molar-refractivity contribution in [3.8, 4) is 0 Å². The first-order valence-corrected chi connectivity index (χ1v) is 12.0. The highest BCUT2D eigenvalue weighted by molar-refractivity contribution is 14.1. The van der Waals surface area contributed by atoms with Crippen molar-refractivity contribution in [2.24, 2.45) is 17.3 Å². The molecule has 0 fully saturated rings. The molecule has 0 aromatic carbocycles. The van der Waals surface area contributed by atoms with Gasteiger partial charge in [0.2, 0.25) is 0 Å². The Hall–Kier alpha value is -0.310. The first-order valence-electron chi connectivity index (χ1n) is 10.5. The Kier molecular flexibility index (Phi) is 22.8. The van der Waals surface area contributed by atoms with Crippen LogP contribution in [0.1, 0.15) is 88.0 Å². The van der Waals surface area contributed by atoms with Crippen LogP contribution in [-0.2, 0) is 0 Å². The largest absolute Gasteiger partial charge is 0.106 e. The van der Waals surface area contributed by atoms with Crippen molar-refractivity contribution >= 4 is 22.6 Å². The van der Waals surface area contributed by atoms with Crippen molar-refractivity contribution in [2.45, 2.75) is 88.0 Å². The van der Waals surface area contributed by atoms with Crippen molar-refractivity contribution in [1.82, 2.24) is 0 Å². The molecule has 0 heterocycles. The Morgan fingerprint density at radius 1 is 1.12 bits per heavy atom. The molecule has 0 aromatic heterocycles. The van der Waals surface area contributed by atoms with Crippen LogP contribution in [-0.4, -0.2) is 4.43 Å². The van der Waals surface area contributed by atoms with Crippen LogP contribution >= 0.6 is 22.6 Å². The highest BCUT2D eigenvalue weighted by Gasteiger charge is 2.23. The Labute approximate surface area is 180 Å². The number of hydrogen-bond donors (Lipinski definition) is 0. The van der Waals surface area contributed by atoms with Crippen LogP contribution in [0.25, 0.3) is 0 Å². The maximum atomic E-state index is 3.00. The average molecular weight is 475 g/mol. The van der Waals surface area contributed by atoms with Gasteiger partial charge in [-0.15, -0.1) is 13.2 Å². The SMILES string of the molecule is C=C.CC.CC.CCCC1C(/C=C\CI)=CC=C1CC(C)CC(C)(C)C. The summed E-state index contributed by atoms with van der Waals surface area (Å²) in [7, 11) is 0. The Morgan fingerprint density at radius 2 is 1.65 bits per heavy atom. The van der Waals surface area contributed by atoms with Crippen molar-refractivity contribution in [3.05, 3.63) is 48.6 Å². The fraction of sp³-hybridized carbons (Fsp3) is 0.680. The lowest BCUT2D eigenvalue weighted by atomic mass is 9.80. The van der Waals surface area contributed by atoms with Gasteiger partial charge in [0.1, 0.15) is 0 Å². The smallest absolute Gasteiger partial charge is 0.0179 e. The summed E-state index contributed by atoms with van der Waals surface area (Å²) < 4.78 is 1.10. The maximum absolute atomic E-state index is 3.00. The molecule has 0 aromatic rings. The van der Waals surface area contributed by atoms with Crippen LogP contribution in [0.3, 0.4) is 0 Å². The van der Waals surface area contributed by atoms with E-state index in [0.717, 1.165) is 10.3 Å². The van der Waals surface area contributed by atoms with Gasteiger partial charge in [0, 0.05) is 10.3 Å². The zero-order valence-corrected chi connectivity index (χ0v) is 21.4. The molecule has 0 radical (unpaired) electrons. The van der Waals surface area contributed by atoms with E-state index in [1.807, 2.05) is 27.7 Å². The van der Waals surface area contributed by atoms with E-state index in [2.05, 4.69) is 94.7 Å². The molecule has 0 amide bonds. The maximum Gasteiger partial charge on any atom is 0.0179 e. The molecule has 0 spiro atoms. The zero-order valence-electron chi connectivity index (χ0n) is 19.3. The third kappa shape index (κ3) is 14.8. The fourth-order valence-electron chi connectivity index (χ4n) is 3.37. The molecule has 0 saturated carbocycles. The molecule has 1 rings (SSSR count). The Balaban J connectivity index is -0.000000795. The molecule has 0 aliphatic heterocycles. The van der Waals surface area contributed by atoms with Crippen LogP contribution in [0.15, 0.2) is 48.6 Å². The van der Waals surface area contributed by atoms with Gasteiger partial charge in [0.25, 0.3) is 0 Å². The summed E-state index contributed by atoms with van der Waals surface area (Å²) in [5.74, 6) is 1.46. The minimum absolute atomic E-state index is 0.441. The van der Waals surface area contributed by atoms with Gasteiger partial charge in [-0.1, -0.05) is 121 Å². The normalized spacial score (nSPS) is 16.9. The molecule has 1 aliphatic carbocycles. The summed E-state index contributed by atoms with van der Waals surface area (Å²) in [5, 5.41) is 0. The molecule has 154 valence electrons. The number of halogens is 1. The van der Waals surface area contributed by atoms with E-state index in [0.29, 0.717) is 11.3 Å². The van der Waals surface area contributed by atoms with Crippen LogP contribution in [0.5, 0.6) is 0 Å². The number of hydrogen-bond acceptors (Lipinski definition) is 0. The van der Waals surface area contributed by atoms with E-state index >= 15 is 0 Å². The lowest BCUT2D eigenvalue weighted by molar-refractivity contribution is 0.302. The van der Waals surface area contributed by atoms with Gasteiger partial charge in [-0.25, -0.2) is 0 Å². The molecule has 0 nitrogen and oxygen atoms in total. The van der Waals surface area contributed by atoms with Crippen LogP contribution in [0, 0.1) is 17.3 Å². The van der Waals surface area contributed by atoms with Crippen molar-refractivity contribution < 1.29 is 0 Å². The van der Waals surface area contributed by atoms with Gasteiger partial charge in [-0.3, -0.25) is 0 Å². The molecular weight excluding hydrogens is 427 g/mol. The molecule has 2 unspecified atom stereocenters. The molecule has 0 bridgehead atoms. The monoisotopic (exact) mass is 474 g/mol. The van der Waals surface area contributed by atoms with Crippen LogP contribution < -0.4 is 0 Å². The van der Waals surface area contributed by atoms with Crippen LogP contribution in [0.2, 0.25) is 0 Å². The highest BCUT2D eigenvalue weighted by atomic mass is 127. The van der Waals surface area contributed by atoms with E-state index in [4.69, 9.17) is 0 Å². The number of rotatable bonds is 7. The molecule has 26 heavy (non-hydrogen) atoms. The van der Waals surface area contributed by atoms with E-state index in [-0.39, 0.29) is 0 Å². The molecular formula is C25H47I. The first-order chi connectivity index (χ1) is 12.4. The summed E-state index contributed by atoms with van der Waals surface area (Å²) in [6.07, 6.45) is 14.5. The van der Waals surface area contributed by atoms with Gasteiger partial charge in [0.05, 0.1) is 0 Å². The summed E-state index contributed by atoms with van der Waals surface area (Å²) in [5.41, 5.74) is 3.63. The van der Waals surface area contributed by atoms with E-state index in [9.17, 15) is 0 Å². The quantitative estimate of drug-likeness (QED) is 0.196. The van der Waals surface area contributed by atoms with E-state index < -0.39 is 0 Å². The molecule has 1 heteroatoms. The molecule has 0 saturated heterocycles. The van der Waals surface area contributed by atoms with Gasteiger partial charge in [-0.2, -0.15) is 0 Å². The second-order valence-corrected chi connectivity index (χ2v) is 8.26. The predicted molar refractivity (Wildman–Crippen MR) is 134 cm³/mol. The number of allylic oxidation sites excluding steroid dienone is 6. The lowest BCUT2D eigenvalue weighted by Crippen LogP contribution is -2.13.